The van der Waals surface area contributed by atoms with Crippen molar-refractivity contribution in [1.82, 2.24) is 0 Å². The zero-order valence-corrected chi connectivity index (χ0v) is 22.1. The van der Waals surface area contributed by atoms with Crippen LogP contribution < -0.4 is 11.5 Å². The van der Waals surface area contributed by atoms with Crippen LogP contribution >= 0.6 is 0 Å². The number of carbonyl (C=O) groups is 2. The molecule has 2 aromatic carbocycles. The van der Waals surface area contributed by atoms with Crippen molar-refractivity contribution in [3.8, 4) is 0 Å². The molecule has 1 aliphatic carbocycles. The number of esters is 2. The van der Waals surface area contributed by atoms with Crippen LogP contribution in [0.4, 0.5) is 11.4 Å². The number of allylic oxidation sites excluding steroid dienone is 1. The smallest absolute Gasteiger partial charge is 0.338 e. The van der Waals surface area contributed by atoms with Crippen LogP contribution in [0, 0.1) is 0 Å². The lowest BCUT2D eigenvalue weighted by molar-refractivity contribution is -0.138. The Morgan fingerprint density at radius 1 is 0.895 bits per heavy atom. The summed E-state index contributed by atoms with van der Waals surface area (Å²) < 4.78 is 17.0. The molecule has 7 heteroatoms. The quantitative estimate of drug-likeness (QED) is 0.0998. The monoisotopic (exact) mass is 520 g/mol. The van der Waals surface area contributed by atoms with Gasteiger partial charge in [0.25, 0.3) is 0 Å². The molecule has 0 heterocycles. The second-order valence-corrected chi connectivity index (χ2v) is 9.74. The number of anilines is 2. The normalized spacial score (nSPS) is 17.3. The highest BCUT2D eigenvalue weighted by Crippen LogP contribution is 2.25. The summed E-state index contributed by atoms with van der Waals surface area (Å²) in [6, 6.07) is 12.0. The molecule has 0 atom stereocenters. The SMILES string of the molecule is C=CCCCCCCOC1CCC(OC(=O)c2ccc(/C=C/C(=O)OCc3cc(N)cc(N)c3)cc2)CC1. The van der Waals surface area contributed by atoms with Gasteiger partial charge in [-0.3, -0.25) is 0 Å². The summed E-state index contributed by atoms with van der Waals surface area (Å²) in [6.07, 6.45) is 14.4. The molecular weight excluding hydrogens is 480 g/mol. The van der Waals surface area contributed by atoms with Crippen molar-refractivity contribution in [3.63, 3.8) is 0 Å². The molecule has 38 heavy (non-hydrogen) atoms. The third-order valence-electron chi connectivity index (χ3n) is 6.53. The van der Waals surface area contributed by atoms with Crippen LogP contribution in [0.15, 0.2) is 61.2 Å². The van der Waals surface area contributed by atoms with Crippen molar-refractivity contribution < 1.29 is 23.8 Å². The average Bonchev–Trinajstić information content (AvgIpc) is 2.91. The highest BCUT2D eigenvalue weighted by molar-refractivity contribution is 5.90. The molecule has 0 spiro atoms. The molecule has 0 bridgehead atoms. The Bertz CT molecular complexity index is 1050. The van der Waals surface area contributed by atoms with Gasteiger partial charge in [0.1, 0.15) is 12.7 Å². The molecule has 204 valence electrons. The number of unbranched alkanes of at least 4 members (excludes halogenated alkanes) is 4. The average molecular weight is 521 g/mol. The van der Waals surface area contributed by atoms with Crippen molar-refractivity contribution in [3.05, 3.63) is 77.9 Å². The van der Waals surface area contributed by atoms with Gasteiger partial charge in [0.2, 0.25) is 0 Å². The highest BCUT2D eigenvalue weighted by atomic mass is 16.5. The van der Waals surface area contributed by atoms with E-state index in [-0.39, 0.29) is 24.8 Å². The summed E-state index contributed by atoms with van der Waals surface area (Å²) in [7, 11) is 0. The Balaban J connectivity index is 1.34. The van der Waals surface area contributed by atoms with Crippen molar-refractivity contribution in [1.29, 1.82) is 0 Å². The van der Waals surface area contributed by atoms with Gasteiger partial charge in [-0.2, -0.15) is 0 Å². The third kappa shape index (κ3) is 10.4. The van der Waals surface area contributed by atoms with E-state index in [0.717, 1.165) is 56.3 Å². The number of nitrogen functional groups attached to an aromatic ring is 2. The maximum atomic E-state index is 12.6. The Morgan fingerprint density at radius 2 is 1.55 bits per heavy atom. The Kier molecular flexibility index (Phi) is 11.9. The Labute approximate surface area is 225 Å². The van der Waals surface area contributed by atoms with E-state index in [0.29, 0.717) is 16.9 Å². The first-order valence-electron chi connectivity index (χ1n) is 13.5. The summed E-state index contributed by atoms with van der Waals surface area (Å²) in [4.78, 5) is 24.6. The first-order valence-corrected chi connectivity index (χ1v) is 13.5. The molecule has 1 aliphatic rings. The van der Waals surface area contributed by atoms with Gasteiger partial charge in [0.05, 0.1) is 11.7 Å². The number of nitrogens with two attached hydrogens (primary N) is 2. The lowest BCUT2D eigenvalue weighted by Gasteiger charge is -2.28. The van der Waals surface area contributed by atoms with E-state index in [1.165, 1.54) is 25.3 Å². The van der Waals surface area contributed by atoms with E-state index < -0.39 is 5.97 Å². The standard InChI is InChI=1S/C31H40N2O5/c1-2-3-4-5-6-7-18-36-28-13-15-29(16-14-28)38-31(35)25-11-8-23(9-12-25)10-17-30(34)37-22-24-19-26(32)21-27(33)20-24/h2,8-12,17,19-21,28-29H,1,3-7,13-16,18,22,32-33H2/b17-10+. The minimum Gasteiger partial charge on any atom is -0.459 e. The molecule has 0 saturated heterocycles. The van der Waals surface area contributed by atoms with Crippen molar-refractivity contribution in [2.45, 2.75) is 76.6 Å². The molecule has 1 saturated carbocycles. The van der Waals surface area contributed by atoms with Gasteiger partial charge in [0, 0.05) is 24.1 Å². The Hall–Kier alpha value is -3.58. The molecule has 0 amide bonds. The van der Waals surface area contributed by atoms with Gasteiger partial charge < -0.3 is 25.7 Å². The molecule has 0 aromatic heterocycles. The van der Waals surface area contributed by atoms with Crippen LogP contribution in [0.3, 0.4) is 0 Å². The molecular formula is C31H40N2O5. The maximum Gasteiger partial charge on any atom is 0.338 e. The molecule has 7 nitrogen and oxygen atoms in total. The first-order chi connectivity index (χ1) is 18.4. The summed E-state index contributed by atoms with van der Waals surface area (Å²) in [5, 5.41) is 0. The van der Waals surface area contributed by atoms with Gasteiger partial charge in [-0.1, -0.05) is 31.1 Å². The second-order valence-electron chi connectivity index (χ2n) is 9.74. The minimum atomic E-state index is -0.488. The lowest BCUT2D eigenvalue weighted by Crippen LogP contribution is -2.28. The van der Waals surface area contributed by atoms with Crippen molar-refractivity contribution >= 4 is 29.4 Å². The number of benzene rings is 2. The summed E-state index contributed by atoms with van der Waals surface area (Å²) >= 11 is 0. The van der Waals surface area contributed by atoms with E-state index in [9.17, 15) is 9.59 Å². The van der Waals surface area contributed by atoms with Gasteiger partial charge in [0.15, 0.2) is 0 Å². The van der Waals surface area contributed by atoms with Gasteiger partial charge in [-0.25, -0.2) is 9.59 Å². The number of rotatable bonds is 14. The van der Waals surface area contributed by atoms with Gasteiger partial charge >= 0.3 is 11.9 Å². The summed E-state index contributed by atoms with van der Waals surface area (Å²) in [5.41, 5.74) is 14.5. The predicted octanol–water partition coefficient (Wildman–Crippen LogP) is 6.23. The number of hydrogen-bond acceptors (Lipinski definition) is 7. The van der Waals surface area contributed by atoms with E-state index in [4.69, 9.17) is 25.7 Å². The first kappa shape index (κ1) is 29.0. The number of hydrogen-bond donors (Lipinski definition) is 2. The van der Waals surface area contributed by atoms with Crippen LogP contribution in [-0.4, -0.2) is 30.8 Å². The molecule has 3 rings (SSSR count). The minimum absolute atomic E-state index is 0.0770. The maximum absolute atomic E-state index is 12.6. The topological polar surface area (TPSA) is 114 Å². The predicted molar refractivity (Wildman–Crippen MR) is 151 cm³/mol. The fourth-order valence-electron chi connectivity index (χ4n) is 4.46. The highest BCUT2D eigenvalue weighted by Gasteiger charge is 2.24. The number of carbonyl (C=O) groups excluding carboxylic acids is 2. The van der Waals surface area contributed by atoms with Crippen molar-refractivity contribution in [2.24, 2.45) is 0 Å². The fourth-order valence-corrected chi connectivity index (χ4v) is 4.46. The molecule has 0 radical (unpaired) electrons. The van der Waals surface area contributed by atoms with E-state index in [1.807, 2.05) is 6.08 Å². The number of ether oxygens (including phenoxy) is 3. The van der Waals surface area contributed by atoms with Crippen LogP contribution in [-0.2, 0) is 25.6 Å². The largest absolute Gasteiger partial charge is 0.459 e. The van der Waals surface area contributed by atoms with Crippen LogP contribution in [0.1, 0.15) is 79.3 Å². The van der Waals surface area contributed by atoms with Crippen LogP contribution in [0.25, 0.3) is 6.08 Å². The molecule has 0 unspecified atom stereocenters. The van der Waals surface area contributed by atoms with Crippen molar-refractivity contribution in [2.75, 3.05) is 18.1 Å². The Morgan fingerprint density at radius 3 is 2.24 bits per heavy atom. The molecule has 4 N–H and O–H groups in total. The van der Waals surface area contributed by atoms with E-state index in [1.54, 1.807) is 48.5 Å². The van der Waals surface area contributed by atoms with E-state index in [2.05, 4.69) is 6.58 Å². The van der Waals surface area contributed by atoms with Crippen LogP contribution in [0.5, 0.6) is 0 Å². The van der Waals surface area contributed by atoms with Gasteiger partial charge in [-0.05, 0) is 92.5 Å². The summed E-state index contributed by atoms with van der Waals surface area (Å²) in [6.45, 7) is 4.63. The lowest BCUT2D eigenvalue weighted by atomic mass is 9.95. The zero-order chi connectivity index (χ0) is 27.2. The molecule has 2 aromatic rings. The summed E-state index contributed by atoms with van der Waals surface area (Å²) in [5.74, 6) is -0.817. The molecule has 1 fully saturated rings. The van der Waals surface area contributed by atoms with Crippen LogP contribution in [0.2, 0.25) is 0 Å². The van der Waals surface area contributed by atoms with E-state index >= 15 is 0 Å². The zero-order valence-electron chi connectivity index (χ0n) is 22.1. The van der Waals surface area contributed by atoms with Gasteiger partial charge in [-0.15, -0.1) is 6.58 Å². The fraction of sp³-hybridized carbons (Fsp3) is 0.419. The molecule has 0 aliphatic heterocycles. The second kappa shape index (κ2) is 15.6. The third-order valence-corrected chi connectivity index (χ3v) is 6.53.